The van der Waals surface area contributed by atoms with Crippen molar-refractivity contribution in [3.8, 4) is 5.75 Å². The third-order valence-electron chi connectivity index (χ3n) is 3.50. The van der Waals surface area contributed by atoms with Crippen LogP contribution in [0.3, 0.4) is 0 Å². The van der Waals surface area contributed by atoms with E-state index in [0.717, 1.165) is 29.9 Å². The van der Waals surface area contributed by atoms with Crippen LogP contribution in [0.1, 0.15) is 36.1 Å². The minimum atomic E-state index is -0.171. The molecule has 112 valence electrons. The fraction of sp³-hybridized carbons (Fsp3) is 0.333. The molecule has 0 aliphatic heterocycles. The molecule has 2 aromatic rings. The predicted molar refractivity (Wildman–Crippen MR) is 84.3 cm³/mol. The number of nitrogens with one attached hydrogen (secondary N) is 1. The smallest absolute Gasteiger partial charge is 0.126 e. The van der Waals surface area contributed by atoms with E-state index in [2.05, 4.69) is 12.2 Å². The number of benzene rings is 2. The van der Waals surface area contributed by atoms with Gasteiger partial charge >= 0.3 is 0 Å². The quantitative estimate of drug-likeness (QED) is 0.858. The van der Waals surface area contributed by atoms with E-state index in [0.29, 0.717) is 5.56 Å². The molecule has 0 aromatic heterocycles. The average Bonchev–Trinajstić information content (AvgIpc) is 2.50. The molecule has 2 aromatic carbocycles. The molecule has 3 heteroatoms. The summed E-state index contributed by atoms with van der Waals surface area (Å²) in [4.78, 5) is 0. The van der Waals surface area contributed by atoms with E-state index in [4.69, 9.17) is 4.74 Å². The summed E-state index contributed by atoms with van der Waals surface area (Å²) >= 11 is 0. The Bertz CT molecular complexity index is 580. The first-order valence-electron chi connectivity index (χ1n) is 7.31. The fourth-order valence-electron chi connectivity index (χ4n) is 2.29. The van der Waals surface area contributed by atoms with Crippen molar-refractivity contribution in [3.05, 3.63) is 65.0 Å². The molecule has 21 heavy (non-hydrogen) atoms. The highest BCUT2D eigenvalue weighted by molar-refractivity contribution is 5.36. The summed E-state index contributed by atoms with van der Waals surface area (Å²) in [5.41, 5.74) is 2.67. The van der Waals surface area contributed by atoms with Crippen LogP contribution in [0.2, 0.25) is 0 Å². The highest BCUT2D eigenvalue weighted by Crippen LogP contribution is 2.25. The maximum atomic E-state index is 13.7. The van der Waals surface area contributed by atoms with Gasteiger partial charge in [-0.15, -0.1) is 0 Å². The second-order valence-corrected chi connectivity index (χ2v) is 5.15. The van der Waals surface area contributed by atoms with Gasteiger partial charge in [0.05, 0.1) is 12.6 Å². The third-order valence-corrected chi connectivity index (χ3v) is 3.50. The molecule has 0 spiro atoms. The van der Waals surface area contributed by atoms with Gasteiger partial charge < -0.3 is 10.1 Å². The minimum Gasteiger partial charge on any atom is -0.494 e. The Kier molecular flexibility index (Phi) is 5.34. The van der Waals surface area contributed by atoms with Crippen molar-refractivity contribution in [2.75, 3.05) is 13.7 Å². The zero-order valence-electron chi connectivity index (χ0n) is 12.8. The van der Waals surface area contributed by atoms with Gasteiger partial charge in [0.2, 0.25) is 0 Å². The topological polar surface area (TPSA) is 21.3 Å². The van der Waals surface area contributed by atoms with Crippen LogP contribution in [0.4, 0.5) is 4.39 Å². The molecule has 0 saturated heterocycles. The van der Waals surface area contributed by atoms with Crippen molar-refractivity contribution >= 4 is 0 Å². The van der Waals surface area contributed by atoms with Crippen molar-refractivity contribution in [3.63, 3.8) is 0 Å². The van der Waals surface area contributed by atoms with Crippen molar-refractivity contribution in [2.45, 2.75) is 26.3 Å². The van der Waals surface area contributed by atoms with E-state index < -0.39 is 0 Å². The summed E-state index contributed by atoms with van der Waals surface area (Å²) in [6.45, 7) is 4.57. The number of hydrogen-bond donors (Lipinski definition) is 1. The summed E-state index contributed by atoms with van der Waals surface area (Å²) in [5.74, 6) is 0.696. The van der Waals surface area contributed by atoms with Crippen LogP contribution in [-0.4, -0.2) is 13.7 Å². The van der Waals surface area contributed by atoms with Crippen LogP contribution >= 0.6 is 0 Å². The van der Waals surface area contributed by atoms with Crippen LogP contribution in [0.25, 0.3) is 0 Å². The summed E-state index contributed by atoms with van der Waals surface area (Å²) < 4.78 is 19.3. The maximum Gasteiger partial charge on any atom is 0.126 e. The molecule has 0 heterocycles. The van der Waals surface area contributed by atoms with Crippen molar-refractivity contribution < 1.29 is 9.13 Å². The molecular formula is C18H22FNO. The van der Waals surface area contributed by atoms with Crippen LogP contribution in [-0.2, 0) is 0 Å². The normalized spacial score (nSPS) is 12.2. The third kappa shape index (κ3) is 3.82. The largest absolute Gasteiger partial charge is 0.494 e. The highest BCUT2D eigenvalue weighted by atomic mass is 19.1. The van der Waals surface area contributed by atoms with Crippen molar-refractivity contribution in [2.24, 2.45) is 0 Å². The Morgan fingerprint density at radius 2 is 1.76 bits per heavy atom. The lowest BCUT2D eigenvalue weighted by Crippen LogP contribution is -2.17. The van der Waals surface area contributed by atoms with Gasteiger partial charge in [-0.05, 0) is 55.3 Å². The first-order chi connectivity index (χ1) is 10.2. The van der Waals surface area contributed by atoms with Gasteiger partial charge in [-0.2, -0.15) is 0 Å². The lowest BCUT2D eigenvalue weighted by molar-refractivity contribution is 0.317. The van der Waals surface area contributed by atoms with Crippen molar-refractivity contribution in [1.29, 1.82) is 0 Å². The first-order valence-corrected chi connectivity index (χ1v) is 7.31. The SMILES string of the molecule is CCCOc1ccc(C(NC)c2ccc(C)c(F)c2)cc1. The van der Waals surface area contributed by atoms with E-state index in [1.54, 1.807) is 13.0 Å². The van der Waals surface area contributed by atoms with Gasteiger partial charge in [0, 0.05) is 0 Å². The summed E-state index contributed by atoms with van der Waals surface area (Å²) in [5, 5.41) is 3.24. The summed E-state index contributed by atoms with van der Waals surface area (Å²) in [6, 6.07) is 13.3. The second kappa shape index (κ2) is 7.23. The molecule has 1 N–H and O–H groups in total. The number of hydrogen-bond acceptors (Lipinski definition) is 2. The number of aryl methyl sites for hydroxylation is 1. The molecular weight excluding hydrogens is 265 g/mol. The Hall–Kier alpha value is -1.87. The van der Waals surface area contributed by atoms with Crippen LogP contribution in [0.15, 0.2) is 42.5 Å². The molecule has 0 saturated carbocycles. The maximum absolute atomic E-state index is 13.7. The molecule has 1 unspecified atom stereocenters. The number of rotatable bonds is 6. The molecule has 0 bridgehead atoms. The van der Waals surface area contributed by atoms with E-state index in [1.165, 1.54) is 0 Å². The minimum absolute atomic E-state index is 0.0275. The Balaban J connectivity index is 2.22. The second-order valence-electron chi connectivity index (χ2n) is 5.15. The Labute approximate surface area is 126 Å². The molecule has 2 rings (SSSR count). The Morgan fingerprint density at radius 3 is 2.33 bits per heavy atom. The van der Waals surface area contributed by atoms with Gasteiger partial charge in [0.25, 0.3) is 0 Å². The molecule has 0 aliphatic rings. The predicted octanol–water partition coefficient (Wildman–Crippen LogP) is 4.23. The zero-order chi connectivity index (χ0) is 15.2. The van der Waals surface area contributed by atoms with E-state index in [1.807, 2.05) is 43.4 Å². The van der Waals surface area contributed by atoms with Gasteiger partial charge in [0.15, 0.2) is 0 Å². The molecule has 0 radical (unpaired) electrons. The standard InChI is InChI=1S/C18H22FNO/c1-4-11-21-16-9-7-14(8-10-16)18(20-3)15-6-5-13(2)17(19)12-15/h5-10,12,18,20H,4,11H2,1-3H3. The van der Waals surface area contributed by atoms with Crippen molar-refractivity contribution in [1.82, 2.24) is 5.32 Å². The van der Waals surface area contributed by atoms with Crippen LogP contribution in [0.5, 0.6) is 5.75 Å². The molecule has 0 aliphatic carbocycles. The lowest BCUT2D eigenvalue weighted by Gasteiger charge is -2.18. The van der Waals surface area contributed by atoms with Gasteiger partial charge in [-0.25, -0.2) is 4.39 Å². The van der Waals surface area contributed by atoms with Crippen LogP contribution in [0, 0.1) is 12.7 Å². The van der Waals surface area contributed by atoms with E-state index in [-0.39, 0.29) is 11.9 Å². The fourth-order valence-corrected chi connectivity index (χ4v) is 2.29. The van der Waals surface area contributed by atoms with E-state index in [9.17, 15) is 4.39 Å². The molecule has 0 fully saturated rings. The monoisotopic (exact) mass is 287 g/mol. The van der Waals surface area contributed by atoms with E-state index >= 15 is 0 Å². The lowest BCUT2D eigenvalue weighted by atomic mass is 9.97. The van der Waals surface area contributed by atoms with Crippen LogP contribution < -0.4 is 10.1 Å². The first kappa shape index (κ1) is 15.5. The average molecular weight is 287 g/mol. The zero-order valence-corrected chi connectivity index (χ0v) is 12.8. The summed E-state index contributed by atoms with van der Waals surface area (Å²) in [7, 11) is 1.88. The highest BCUT2D eigenvalue weighted by Gasteiger charge is 2.13. The molecule has 1 atom stereocenters. The number of ether oxygens (including phenoxy) is 1. The Morgan fingerprint density at radius 1 is 1.10 bits per heavy atom. The van der Waals surface area contributed by atoms with Gasteiger partial charge in [-0.1, -0.05) is 31.2 Å². The molecule has 2 nitrogen and oxygen atoms in total. The summed E-state index contributed by atoms with van der Waals surface area (Å²) in [6.07, 6.45) is 0.990. The van der Waals surface area contributed by atoms with Gasteiger partial charge in [-0.3, -0.25) is 0 Å². The molecule has 0 amide bonds. The van der Waals surface area contributed by atoms with Gasteiger partial charge in [0.1, 0.15) is 11.6 Å². The number of halogens is 1.